The van der Waals surface area contributed by atoms with Crippen LogP contribution in [-0.4, -0.2) is 50.3 Å². The predicted octanol–water partition coefficient (Wildman–Crippen LogP) is 20.3. The van der Waals surface area contributed by atoms with Gasteiger partial charge in [0.2, 0.25) is 30.7 Å². The smallest absolute Gasteiger partial charge is 0.268 e. The van der Waals surface area contributed by atoms with Crippen molar-refractivity contribution in [1.82, 2.24) is 50.3 Å². The highest BCUT2D eigenvalue weighted by Crippen LogP contribution is 2.44. The van der Waals surface area contributed by atoms with Crippen LogP contribution in [0.2, 0.25) is 10.0 Å². The quantitative estimate of drug-likeness (QED) is 0.151. The summed E-state index contributed by atoms with van der Waals surface area (Å²) >= 11 is 131. The highest BCUT2D eigenvalue weighted by molar-refractivity contribution is 6.69. The van der Waals surface area contributed by atoms with Crippen LogP contribution < -0.4 is 0 Å². The molecule has 4 heterocycles. The molecule has 7 aromatic rings. The molecule has 0 amide bonds. The van der Waals surface area contributed by atoms with E-state index in [-0.39, 0.29) is 58.5 Å². The summed E-state index contributed by atoms with van der Waals surface area (Å²) in [5.74, 6) is -0.644. The third kappa shape index (κ3) is 23.5. The Morgan fingerprint density at radius 3 is 0.893 bits per heavy atom. The Labute approximate surface area is 540 Å². The maximum absolute atomic E-state index is 5.83. The summed E-state index contributed by atoms with van der Waals surface area (Å²) in [6.45, 7) is 2.03. The summed E-state index contributed by atoms with van der Waals surface area (Å²) in [5.41, 5.74) is 3.76. The van der Waals surface area contributed by atoms with E-state index in [1.54, 1.807) is 54.6 Å². The van der Waals surface area contributed by atoms with Crippen molar-refractivity contribution in [2.45, 2.75) is 33.5 Å². The summed E-state index contributed by atoms with van der Waals surface area (Å²) in [5, 5.41) is 16.0. The van der Waals surface area contributed by atoms with Crippen LogP contribution in [0.3, 0.4) is 0 Å². The largest absolute Gasteiger partial charge is 0.417 e. The van der Waals surface area contributed by atoms with Gasteiger partial charge in [0.1, 0.15) is 0 Å². The Hall–Kier alpha value is 0.110. The van der Waals surface area contributed by atoms with E-state index >= 15 is 0 Å². The van der Waals surface area contributed by atoms with Crippen LogP contribution in [0, 0.1) is 6.92 Å². The van der Waals surface area contributed by atoms with Gasteiger partial charge in [-0.25, -0.2) is 29.9 Å². The van der Waals surface area contributed by atoms with Crippen LogP contribution in [0.15, 0.2) is 81.6 Å². The predicted molar refractivity (Wildman–Crippen MR) is 314 cm³/mol. The molecule has 0 bridgehead atoms. The molecule has 0 N–H and O–H groups in total. The molecule has 35 heteroatoms. The summed E-state index contributed by atoms with van der Waals surface area (Å²) < 4.78 is -2.77. The average Bonchev–Trinajstić information content (AvgIpc) is 4.00. The van der Waals surface area contributed by atoms with Crippen molar-refractivity contribution in [3.05, 3.63) is 152 Å². The molecule has 75 heavy (non-hydrogen) atoms. The van der Waals surface area contributed by atoms with E-state index < -0.39 is 26.5 Å². The molecule has 0 spiro atoms. The number of hydrogen-bond donors (Lipinski definition) is 0. The highest BCUT2D eigenvalue weighted by Gasteiger charge is 2.38. The molecule has 0 fully saturated rings. The van der Waals surface area contributed by atoms with Crippen molar-refractivity contribution in [1.29, 1.82) is 0 Å². The molecular formula is C40H19Cl23N10O2. The van der Waals surface area contributed by atoms with Gasteiger partial charge in [0, 0.05) is 27.8 Å². The van der Waals surface area contributed by atoms with Gasteiger partial charge in [-0.2, -0.15) is 0 Å². The summed E-state index contributed by atoms with van der Waals surface area (Å²) in [6, 6.07) is 21.9. The standard InChI is InChI=1S/C12H9Cl3N2O.C11H4Cl7N3.C11H6Cl4N2O.C6Cl9N3/c1-8-2-4-9(5-3-8)6-7-10-16-17-11(18-10)12(13,14)15;12-6-3-1-5(2-4-6)7-19-8(10(13,14)15)21-9(20-7)11(16,17)18;12-8-4-1-7(2-5-8)3-6-9-16-17-10(18-9)11(13,14)15;7-4(8,9)1-16-2(5(10,11)12)18-3(17-1)6(13,14)15/h2-7H,1H3;1-4H;1-6H;. The molecule has 0 saturated heterocycles. The Kier molecular flexibility index (Phi) is 25.6. The van der Waals surface area contributed by atoms with Gasteiger partial charge in [-0.05, 0) is 66.6 Å². The molecule has 7 rings (SSSR count). The van der Waals surface area contributed by atoms with Gasteiger partial charge in [0.05, 0.1) is 0 Å². The topological polar surface area (TPSA) is 155 Å². The van der Waals surface area contributed by atoms with E-state index in [0.717, 1.165) is 11.1 Å². The van der Waals surface area contributed by atoms with E-state index in [1.807, 2.05) is 49.4 Å². The van der Waals surface area contributed by atoms with Crippen molar-refractivity contribution < 1.29 is 8.83 Å². The zero-order valence-electron chi connectivity index (χ0n) is 35.7. The van der Waals surface area contributed by atoms with E-state index in [2.05, 4.69) is 50.3 Å². The third-order valence-electron chi connectivity index (χ3n) is 7.79. The molecule has 0 aliphatic rings. The molecular weight excluding hydrogens is 1470 g/mol. The Morgan fingerprint density at radius 2 is 0.613 bits per heavy atom. The molecule has 0 unspecified atom stereocenters. The maximum atomic E-state index is 5.83. The van der Waals surface area contributed by atoms with Gasteiger partial charge < -0.3 is 8.83 Å². The van der Waals surface area contributed by atoms with Crippen molar-refractivity contribution in [3.8, 4) is 11.4 Å². The monoisotopic (exact) mass is 1480 g/mol. The Morgan fingerprint density at radius 1 is 0.333 bits per heavy atom. The first-order valence-electron chi connectivity index (χ1n) is 18.9. The lowest BCUT2D eigenvalue weighted by atomic mass is 10.1. The summed E-state index contributed by atoms with van der Waals surface area (Å²) in [6.07, 6.45) is 6.91. The van der Waals surface area contributed by atoms with E-state index in [1.165, 1.54) is 5.56 Å². The lowest BCUT2D eigenvalue weighted by Crippen LogP contribution is -2.21. The van der Waals surface area contributed by atoms with Crippen molar-refractivity contribution in [3.63, 3.8) is 0 Å². The van der Waals surface area contributed by atoms with Crippen molar-refractivity contribution in [2.24, 2.45) is 0 Å². The summed E-state index contributed by atoms with van der Waals surface area (Å²) in [4.78, 5) is 23.1. The zero-order chi connectivity index (χ0) is 56.5. The van der Waals surface area contributed by atoms with Gasteiger partial charge in [-0.1, -0.05) is 309 Å². The van der Waals surface area contributed by atoms with Crippen LogP contribution >= 0.6 is 267 Å². The molecule has 4 aromatic heterocycles. The molecule has 0 saturated carbocycles. The lowest BCUT2D eigenvalue weighted by molar-refractivity contribution is 0.493. The minimum atomic E-state index is -1.99. The van der Waals surface area contributed by atoms with Gasteiger partial charge in [0.25, 0.3) is 19.4 Å². The molecule has 0 aliphatic heterocycles. The SMILES string of the molecule is Cc1ccc(C=Cc2nnc(C(Cl)(Cl)Cl)o2)cc1.ClC(Cl)(Cl)c1nc(C(Cl)(Cl)Cl)nc(C(Cl)(Cl)Cl)n1.Clc1ccc(-c2nc(C(Cl)(Cl)Cl)nc(C(Cl)(Cl)Cl)n2)cc1.Clc1ccc(C=Cc2nnc(C(Cl)(Cl)Cl)o2)cc1. The fraction of sp³-hybridized carbons (Fsp3) is 0.200. The van der Waals surface area contributed by atoms with Crippen LogP contribution in [0.5, 0.6) is 0 Å². The first kappa shape index (κ1) is 67.6. The number of aromatic nitrogens is 10. The van der Waals surface area contributed by atoms with Crippen LogP contribution in [0.4, 0.5) is 0 Å². The second-order valence-corrected chi connectivity index (χ2v) is 30.5. The minimum Gasteiger partial charge on any atom is -0.417 e. The maximum Gasteiger partial charge on any atom is 0.268 e. The van der Waals surface area contributed by atoms with Gasteiger partial charge >= 0.3 is 0 Å². The minimum absolute atomic E-state index is 0.0453. The summed E-state index contributed by atoms with van der Waals surface area (Å²) in [7, 11) is 0. The van der Waals surface area contributed by atoms with Crippen molar-refractivity contribution in [2.75, 3.05) is 0 Å². The number of aryl methyl sites for hydroxylation is 1. The average molecular weight is 1490 g/mol. The van der Waals surface area contributed by atoms with E-state index in [4.69, 9.17) is 276 Å². The number of rotatable bonds is 5. The zero-order valence-corrected chi connectivity index (χ0v) is 53.1. The molecule has 0 atom stereocenters. The van der Waals surface area contributed by atoms with Gasteiger partial charge in [-0.3, -0.25) is 0 Å². The fourth-order valence-electron chi connectivity index (χ4n) is 4.53. The second-order valence-electron chi connectivity index (χ2n) is 13.6. The number of benzene rings is 3. The van der Waals surface area contributed by atoms with Crippen LogP contribution in [0.1, 0.15) is 69.4 Å². The Balaban J connectivity index is 0.000000217. The van der Waals surface area contributed by atoms with E-state index in [9.17, 15) is 0 Å². The lowest BCUT2D eigenvalue weighted by Gasteiger charge is -2.17. The van der Waals surface area contributed by atoms with Crippen molar-refractivity contribution >= 4 is 291 Å². The molecule has 0 aliphatic carbocycles. The normalized spacial score (nSPS) is 12.7. The Bertz CT molecular complexity index is 2810. The number of alkyl halides is 21. The fourth-order valence-corrected chi connectivity index (χ4v) is 6.51. The number of nitrogens with zero attached hydrogens (tertiary/aromatic N) is 10. The number of halogens is 23. The molecule has 0 radical (unpaired) electrons. The first-order valence-corrected chi connectivity index (χ1v) is 27.6. The van der Waals surface area contributed by atoms with E-state index in [0.29, 0.717) is 15.6 Å². The molecule has 12 nitrogen and oxygen atoms in total. The van der Waals surface area contributed by atoms with Crippen LogP contribution in [0.25, 0.3) is 35.7 Å². The molecule has 3 aromatic carbocycles. The van der Waals surface area contributed by atoms with Gasteiger partial charge in [-0.15, -0.1) is 20.4 Å². The first-order chi connectivity index (χ1) is 34.3. The highest BCUT2D eigenvalue weighted by atomic mass is 35.6. The molecule has 402 valence electrons. The third-order valence-corrected chi connectivity index (χ3v) is 11.8. The second kappa shape index (κ2) is 28.4. The number of hydrogen-bond acceptors (Lipinski definition) is 12. The van der Waals surface area contributed by atoms with Gasteiger partial charge in [0.15, 0.2) is 34.9 Å². The van der Waals surface area contributed by atoms with Crippen LogP contribution in [-0.2, 0) is 26.5 Å².